The molecule has 29 heavy (non-hydrogen) atoms. The summed E-state index contributed by atoms with van der Waals surface area (Å²) in [4.78, 5) is 23.4. The molecule has 148 valence electrons. The highest BCUT2D eigenvalue weighted by Crippen LogP contribution is 2.24. The number of piperidine rings is 1. The third kappa shape index (κ3) is 4.96. The SMILES string of the molecule is O=C(Nc1ccc(F)cc1)c1ccnc(N2CCC(Cc3ccccc3)CC2)n1. The minimum atomic E-state index is -0.344. The van der Waals surface area contributed by atoms with Gasteiger partial charge in [-0.2, -0.15) is 0 Å². The van der Waals surface area contributed by atoms with E-state index in [1.807, 2.05) is 6.07 Å². The van der Waals surface area contributed by atoms with E-state index in [0.717, 1.165) is 32.4 Å². The molecular formula is C23H23FN4O. The lowest BCUT2D eigenvalue weighted by Gasteiger charge is -2.32. The zero-order valence-corrected chi connectivity index (χ0v) is 16.1. The molecule has 5 nitrogen and oxygen atoms in total. The van der Waals surface area contributed by atoms with Crippen molar-refractivity contribution >= 4 is 17.5 Å². The largest absolute Gasteiger partial charge is 0.341 e. The molecule has 0 radical (unpaired) electrons. The lowest BCUT2D eigenvalue weighted by atomic mass is 9.90. The van der Waals surface area contributed by atoms with Crippen LogP contribution in [0.4, 0.5) is 16.0 Å². The van der Waals surface area contributed by atoms with Gasteiger partial charge in [0, 0.05) is 25.0 Å². The van der Waals surface area contributed by atoms with Gasteiger partial charge in [0.1, 0.15) is 11.5 Å². The number of carbonyl (C=O) groups excluding carboxylic acids is 1. The van der Waals surface area contributed by atoms with Crippen molar-refractivity contribution in [3.05, 3.63) is 83.9 Å². The summed E-state index contributed by atoms with van der Waals surface area (Å²) in [5.74, 6) is 0.552. The number of anilines is 2. The Bertz CT molecular complexity index is 954. The van der Waals surface area contributed by atoms with E-state index in [2.05, 4.69) is 44.5 Å². The van der Waals surface area contributed by atoms with E-state index in [1.54, 1.807) is 12.3 Å². The second kappa shape index (κ2) is 8.82. The lowest BCUT2D eigenvalue weighted by molar-refractivity contribution is 0.102. The normalized spacial score (nSPS) is 14.6. The van der Waals surface area contributed by atoms with Gasteiger partial charge in [0.2, 0.25) is 5.95 Å². The van der Waals surface area contributed by atoms with Crippen LogP contribution in [0.25, 0.3) is 0 Å². The molecular weight excluding hydrogens is 367 g/mol. The van der Waals surface area contributed by atoms with Gasteiger partial charge in [0.25, 0.3) is 5.91 Å². The number of amides is 1. The Morgan fingerprint density at radius 3 is 2.48 bits per heavy atom. The quantitative estimate of drug-likeness (QED) is 0.705. The molecule has 0 atom stereocenters. The maximum absolute atomic E-state index is 13.0. The Hall–Kier alpha value is -3.28. The molecule has 1 N–H and O–H groups in total. The number of halogens is 1. The average molecular weight is 390 g/mol. The third-order valence-electron chi connectivity index (χ3n) is 5.24. The number of rotatable bonds is 5. The van der Waals surface area contributed by atoms with Gasteiger partial charge in [0.05, 0.1) is 0 Å². The molecule has 3 aromatic rings. The average Bonchev–Trinajstić information content (AvgIpc) is 2.77. The molecule has 1 saturated heterocycles. The molecule has 1 aliphatic heterocycles. The van der Waals surface area contributed by atoms with Gasteiger partial charge < -0.3 is 10.2 Å². The molecule has 0 saturated carbocycles. The van der Waals surface area contributed by atoms with Crippen molar-refractivity contribution in [3.8, 4) is 0 Å². The van der Waals surface area contributed by atoms with Crippen LogP contribution in [-0.4, -0.2) is 29.0 Å². The Morgan fingerprint density at radius 2 is 1.76 bits per heavy atom. The summed E-state index contributed by atoms with van der Waals surface area (Å²) in [6, 6.07) is 17.8. The summed E-state index contributed by atoms with van der Waals surface area (Å²) in [5, 5.41) is 2.74. The summed E-state index contributed by atoms with van der Waals surface area (Å²) in [7, 11) is 0. The van der Waals surface area contributed by atoms with Gasteiger partial charge in [-0.3, -0.25) is 4.79 Å². The predicted molar refractivity (Wildman–Crippen MR) is 111 cm³/mol. The van der Waals surface area contributed by atoms with E-state index < -0.39 is 0 Å². The van der Waals surface area contributed by atoms with Crippen molar-refractivity contribution in [2.24, 2.45) is 5.92 Å². The number of hydrogen-bond acceptors (Lipinski definition) is 4. The van der Waals surface area contributed by atoms with Crippen LogP contribution >= 0.6 is 0 Å². The van der Waals surface area contributed by atoms with Crippen molar-refractivity contribution < 1.29 is 9.18 Å². The molecule has 1 amide bonds. The van der Waals surface area contributed by atoms with E-state index in [-0.39, 0.29) is 11.7 Å². The van der Waals surface area contributed by atoms with Crippen molar-refractivity contribution in [3.63, 3.8) is 0 Å². The van der Waals surface area contributed by atoms with Crippen LogP contribution in [0.1, 0.15) is 28.9 Å². The van der Waals surface area contributed by atoms with Crippen LogP contribution < -0.4 is 10.2 Å². The second-order valence-electron chi connectivity index (χ2n) is 7.32. The number of aromatic nitrogens is 2. The van der Waals surface area contributed by atoms with Crippen LogP contribution in [0, 0.1) is 11.7 Å². The maximum atomic E-state index is 13.0. The number of hydrogen-bond donors (Lipinski definition) is 1. The molecule has 0 spiro atoms. The molecule has 1 aliphatic rings. The summed E-state index contributed by atoms with van der Waals surface area (Å²) in [6.07, 6.45) is 4.85. The molecule has 1 aromatic heterocycles. The van der Waals surface area contributed by atoms with Crippen molar-refractivity contribution in [1.29, 1.82) is 0 Å². The monoisotopic (exact) mass is 390 g/mol. The van der Waals surface area contributed by atoms with E-state index in [0.29, 0.717) is 23.2 Å². The van der Waals surface area contributed by atoms with Crippen LogP contribution in [-0.2, 0) is 6.42 Å². The standard InChI is InChI=1S/C23H23FN4O/c24-19-6-8-20(9-7-19)26-22(29)21-10-13-25-23(27-21)28-14-11-18(12-15-28)16-17-4-2-1-3-5-17/h1-10,13,18H,11-12,14-16H2,(H,26,29). The summed E-state index contributed by atoms with van der Waals surface area (Å²) < 4.78 is 13.0. The first-order valence-electron chi connectivity index (χ1n) is 9.86. The molecule has 0 bridgehead atoms. The summed E-state index contributed by atoms with van der Waals surface area (Å²) in [6.45, 7) is 1.75. The van der Waals surface area contributed by atoms with E-state index in [4.69, 9.17) is 0 Å². The molecule has 0 unspecified atom stereocenters. The van der Waals surface area contributed by atoms with Crippen LogP contribution in [0.3, 0.4) is 0 Å². The Labute approximate surface area is 169 Å². The first-order valence-corrected chi connectivity index (χ1v) is 9.86. The molecule has 2 aromatic carbocycles. The number of carbonyl (C=O) groups is 1. The molecule has 4 rings (SSSR count). The van der Waals surface area contributed by atoms with Crippen LogP contribution in [0.15, 0.2) is 66.9 Å². The van der Waals surface area contributed by atoms with Gasteiger partial charge in [-0.1, -0.05) is 30.3 Å². The van der Waals surface area contributed by atoms with Crippen molar-refractivity contribution in [2.75, 3.05) is 23.3 Å². The van der Waals surface area contributed by atoms with Gasteiger partial charge in [0.15, 0.2) is 0 Å². The topological polar surface area (TPSA) is 58.1 Å². The number of nitrogens with one attached hydrogen (secondary N) is 1. The van der Waals surface area contributed by atoms with Crippen molar-refractivity contribution in [1.82, 2.24) is 9.97 Å². The summed E-state index contributed by atoms with van der Waals surface area (Å²) in [5.41, 5.74) is 2.20. The van der Waals surface area contributed by atoms with Gasteiger partial charge in [-0.25, -0.2) is 14.4 Å². The lowest BCUT2D eigenvalue weighted by Crippen LogP contribution is -2.35. The highest BCUT2D eigenvalue weighted by molar-refractivity contribution is 6.02. The van der Waals surface area contributed by atoms with E-state index in [1.165, 1.54) is 29.8 Å². The smallest absolute Gasteiger partial charge is 0.274 e. The highest BCUT2D eigenvalue weighted by atomic mass is 19.1. The van der Waals surface area contributed by atoms with Crippen LogP contribution in [0.2, 0.25) is 0 Å². The highest BCUT2D eigenvalue weighted by Gasteiger charge is 2.22. The van der Waals surface area contributed by atoms with Gasteiger partial charge in [-0.15, -0.1) is 0 Å². The van der Waals surface area contributed by atoms with Gasteiger partial charge in [-0.05, 0) is 61.1 Å². The third-order valence-corrected chi connectivity index (χ3v) is 5.24. The zero-order valence-electron chi connectivity index (χ0n) is 16.1. The summed E-state index contributed by atoms with van der Waals surface area (Å²) >= 11 is 0. The van der Waals surface area contributed by atoms with E-state index >= 15 is 0 Å². The Balaban J connectivity index is 1.36. The second-order valence-corrected chi connectivity index (χ2v) is 7.32. The number of nitrogens with zero attached hydrogens (tertiary/aromatic N) is 3. The maximum Gasteiger partial charge on any atom is 0.274 e. The fourth-order valence-corrected chi connectivity index (χ4v) is 3.64. The predicted octanol–water partition coefficient (Wildman–Crippen LogP) is 4.33. The minimum absolute atomic E-state index is 0.297. The fourth-order valence-electron chi connectivity index (χ4n) is 3.64. The van der Waals surface area contributed by atoms with E-state index in [9.17, 15) is 9.18 Å². The molecule has 1 fully saturated rings. The minimum Gasteiger partial charge on any atom is -0.341 e. The van der Waals surface area contributed by atoms with Crippen LogP contribution in [0.5, 0.6) is 0 Å². The zero-order chi connectivity index (χ0) is 20.1. The number of benzene rings is 2. The first-order chi connectivity index (χ1) is 14.2. The Morgan fingerprint density at radius 1 is 1.03 bits per heavy atom. The molecule has 0 aliphatic carbocycles. The Kier molecular flexibility index (Phi) is 5.79. The van der Waals surface area contributed by atoms with Gasteiger partial charge >= 0.3 is 0 Å². The molecule has 2 heterocycles. The van der Waals surface area contributed by atoms with Crippen molar-refractivity contribution in [2.45, 2.75) is 19.3 Å². The first kappa shape index (κ1) is 19.1. The molecule has 6 heteroatoms. The fraction of sp³-hybridized carbons (Fsp3) is 0.261.